The first-order chi connectivity index (χ1) is 5.40. The smallest absolute Gasteiger partial charge is 0.187 e. The molecule has 0 amide bonds. The van der Waals surface area contributed by atoms with Crippen LogP contribution in [-0.2, 0) is 4.74 Å². The van der Waals surface area contributed by atoms with Crippen LogP contribution < -0.4 is 0 Å². The fourth-order valence-electron chi connectivity index (χ4n) is 0.544. The highest BCUT2D eigenvalue weighted by molar-refractivity contribution is 5.75. The van der Waals surface area contributed by atoms with Crippen molar-refractivity contribution in [3.05, 3.63) is 0 Å². The molecule has 82 valence electrons. The first kappa shape index (κ1) is 19.1. The number of hydrogen-bond donors (Lipinski definition) is 1. The van der Waals surface area contributed by atoms with Crippen molar-refractivity contribution in [1.29, 1.82) is 0 Å². The zero-order valence-electron chi connectivity index (χ0n) is 9.29. The molecule has 2 nitrogen and oxygen atoms in total. The Morgan fingerprint density at radius 2 is 1.23 bits per heavy atom. The Kier molecular flexibility index (Phi) is 18.3. The molecule has 0 bridgehead atoms. The largest absolute Gasteiger partial charge is 0.393 e. The maximum absolute atomic E-state index is 8.36. The molecule has 0 heterocycles. The van der Waals surface area contributed by atoms with E-state index in [2.05, 4.69) is 0 Å². The average Bonchev–Trinajstić information content (AvgIpc) is 1.85. The van der Waals surface area contributed by atoms with Gasteiger partial charge in [0, 0.05) is 0 Å². The second-order valence-corrected chi connectivity index (χ2v) is 3.49. The molecule has 0 aliphatic carbocycles. The summed E-state index contributed by atoms with van der Waals surface area (Å²) in [5, 5.41) is 8.36. The molecule has 0 rings (SSSR count). The van der Waals surface area contributed by atoms with Gasteiger partial charge in [-0.3, -0.25) is 0 Å². The summed E-state index contributed by atoms with van der Waals surface area (Å²) in [5.74, 6) is 0. The van der Waals surface area contributed by atoms with Crippen LogP contribution in [-0.4, -0.2) is 40.8 Å². The van der Waals surface area contributed by atoms with Crippen molar-refractivity contribution in [2.45, 2.75) is 66.3 Å². The molecule has 0 saturated carbocycles. The van der Waals surface area contributed by atoms with E-state index in [1.807, 2.05) is 34.6 Å². The van der Waals surface area contributed by atoms with Gasteiger partial charge in [-0.05, 0) is 41.0 Å². The molecule has 0 aromatic heterocycles. The molecule has 1 unspecified atom stereocenters. The first-order valence-electron chi connectivity index (χ1n) is 4.73. The van der Waals surface area contributed by atoms with Crippen LogP contribution in [0.15, 0.2) is 0 Å². The van der Waals surface area contributed by atoms with Crippen LogP contribution in [0.2, 0.25) is 0 Å². The molecule has 0 spiro atoms. The highest BCUT2D eigenvalue weighted by Crippen LogP contribution is 1.93. The highest BCUT2D eigenvalue weighted by atomic mass is 27.0. The van der Waals surface area contributed by atoms with Gasteiger partial charge in [-0.15, -0.1) is 0 Å². The lowest BCUT2D eigenvalue weighted by Crippen LogP contribution is -2.09. The molecule has 0 radical (unpaired) electrons. The second kappa shape index (κ2) is 12.5. The van der Waals surface area contributed by atoms with E-state index < -0.39 is 0 Å². The number of ether oxygens (including phenoxy) is 1. The van der Waals surface area contributed by atoms with Crippen molar-refractivity contribution < 1.29 is 9.84 Å². The molecule has 0 aromatic rings. The Balaban J connectivity index is -0.000000150. The highest BCUT2D eigenvalue weighted by Gasteiger charge is 1.94. The van der Waals surface area contributed by atoms with E-state index in [-0.39, 0.29) is 23.5 Å². The summed E-state index contributed by atoms with van der Waals surface area (Å²) >= 11 is 0. The van der Waals surface area contributed by atoms with Gasteiger partial charge >= 0.3 is 0 Å². The van der Waals surface area contributed by atoms with Gasteiger partial charge in [0.25, 0.3) is 0 Å². The SMILES string of the molecule is CC(C)OC(C)C.CCC(C)O.[AlH3]. The molecular weight excluding hydrogens is 179 g/mol. The molecule has 0 saturated heterocycles. The summed E-state index contributed by atoms with van der Waals surface area (Å²) in [5.41, 5.74) is 0. The Labute approximate surface area is 93.8 Å². The molecular formula is C10H27AlO2. The van der Waals surface area contributed by atoms with Gasteiger partial charge in [0.2, 0.25) is 0 Å². The van der Waals surface area contributed by atoms with Gasteiger partial charge in [-0.1, -0.05) is 6.92 Å². The van der Waals surface area contributed by atoms with Crippen LogP contribution in [0.3, 0.4) is 0 Å². The van der Waals surface area contributed by atoms with Gasteiger partial charge in [0.1, 0.15) is 0 Å². The van der Waals surface area contributed by atoms with Gasteiger partial charge in [0.05, 0.1) is 18.3 Å². The van der Waals surface area contributed by atoms with Gasteiger partial charge in [0.15, 0.2) is 17.4 Å². The van der Waals surface area contributed by atoms with Crippen LogP contribution in [0.25, 0.3) is 0 Å². The van der Waals surface area contributed by atoms with Gasteiger partial charge < -0.3 is 9.84 Å². The summed E-state index contributed by atoms with van der Waals surface area (Å²) in [6, 6.07) is 0. The van der Waals surface area contributed by atoms with E-state index in [1.54, 1.807) is 6.92 Å². The van der Waals surface area contributed by atoms with E-state index in [9.17, 15) is 0 Å². The Morgan fingerprint density at radius 1 is 1.00 bits per heavy atom. The standard InChI is InChI=1S/C6H14O.C4H10O.Al.3H/c1-5(2)7-6(3)4;1-3-4(2)5;;;;/h5-6H,1-4H3;4-5H,3H2,1-2H3;;;;. The lowest BCUT2D eigenvalue weighted by atomic mass is 10.3. The minimum atomic E-state index is -0.116. The third kappa shape index (κ3) is 32.7. The van der Waals surface area contributed by atoms with Crippen molar-refractivity contribution in [2.24, 2.45) is 0 Å². The third-order valence-electron chi connectivity index (χ3n) is 1.14. The molecule has 1 atom stereocenters. The summed E-state index contributed by atoms with van der Waals surface area (Å²) in [4.78, 5) is 0. The van der Waals surface area contributed by atoms with Crippen molar-refractivity contribution in [3.8, 4) is 0 Å². The number of aliphatic hydroxyl groups is 1. The Hall–Kier alpha value is 0.452. The van der Waals surface area contributed by atoms with Crippen molar-refractivity contribution in [1.82, 2.24) is 0 Å². The number of aliphatic hydroxyl groups excluding tert-OH is 1. The minimum Gasteiger partial charge on any atom is -0.393 e. The summed E-state index contributed by atoms with van der Waals surface area (Å²) in [6.45, 7) is 11.9. The molecule has 0 aliphatic heterocycles. The summed E-state index contributed by atoms with van der Waals surface area (Å²) in [6.07, 6.45) is 1.50. The number of hydrogen-bond acceptors (Lipinski definition) is 2. The van der Waals surface area contributed by atoms with E-state index in [1.165, 1.54) is 0 Å². The molecule has 0 aliphatic rings. The average molecular weight is 206 g/mol. The molecule has 1 N–H and O–H groups in total. The Morgan fingerprint density at radius 3 is 1.23 bits per heavy atom. The summed E-state index contributed by atoms with van der Waals surface area (Å²) in [7, 11) is 0. The maximum Gasteiger partial charge on any atom is 0.187 e. The zero-order valence-corrected chi connectivity index (χ0v) is 9.29. The predicted octanol–water partition coefficient (Wildman–Crippen LogP) is 1.41. The predicted molar refractivity (Wildman–Crippen MR) is 63.3 cm³/mol. The first-order valence-corrected chi connectivity index (χ1v) is 4.73. The molecule has 0 fully saturated rings. The van der Waals surface area contributed by atoms with Crippen LogP contribution in [0.1, 0.15) is 48.0 Å². The van der Waals surface area contributed by atoms with E-state index >= 15 is 0 Å². The maximum atomic E-state index is 8.36. The lowest BCUT2D eigenvalue weighted by molar-refractivity contribution is 0.0300. The van der Waals surface area contributed by atoms with Crippen LogP contribution in [0, 0.1) is 0 Å². The van der Waals surface area contributed by atoms with E-state index in [0.29, 0.717) is 12.2 Å². The second-order valence-electron chi connectivity index (χ2n) is 3.49. The zero-order chi connectivity index (χ0) is 10.1. The van der Waals surface area contributed by atoms with Gasteiger partial charge in [-0.25, -0.2) is 0 Å². The fourth-order valence-corrected chi connectivity index (χ4v) is 0.544. The molecule has 3 heteroatoms. The van der Waals surface area contributed by atoms with Crippen molar-refractivity contribution >= 4 is 17.4 Å². The number of rotatable bonds is 3. The Bertz CT molecular complexity index is 77.0. The fraction of sp³-hybridized carbons (Fsp3) is 1.00. The monoisotopic (exact) mass is 206 g/mol. The lowest BCUT2D eigenvalue weighted by Gasteiger charge is -2.09. The van der Waals surface area contributed by atoms with Crippen LogP contribution >= 0.6 is 0 Å². The van der Waals surface area contributed by atoms with Crippen LogP contribution in [0.5, 0.6) is 0 Å². The van der Waals surface area contributed by atoms with Gasteiger partial charge in [-0.2, -0.15) is 0 Å². The topological polar surface area (TPSA) is 29.5 Å². The molecule has 0 aromatic carbocycles. The van der Waals surface area contributed by atoms with E-state index in [0.717, 1.165) is 6.42 Å². The van der Waals surface area contributed by atoms with E-state index in [4.69, 9.17) is 9.84 Å². The van der Waals surface area contributed by atoms with Crippen molar-refractivity contribution in [3.63, 3.8) is 0 Å². The quantitative estimate of drug-likeness (QED) is 0.708. The summed E-state index contributed by atoms with van der Waals surface area (Å²) < 4.78 is 5.25. The minimum absolute atomic E-state index is 0. The third-order valence-corrected chi connectivity index (χ3v) is 1.14. The van der Waals surface area contributed by atoms with Crippen molar-refractivity contribution in [2.75, 3.05) is 0 Å². The van der Waals surface area contributed by atoms with Crippen LogP contribution in [0.4, 0.5) is 0 Å². The normalized spacial score (nSPS) is 11.8. The molecule has 13 heavy (non-hydrogen) atoms.